The molecule has 0 saturated carbocycles. The quantitative estimate of drug-likeness (QED) is 0.735. The fourth-order valence-corrected chi connectivity index (χ4v) is 2.02. The molecule has 3 unspecified atom stereocenters. The number of ether oxygens (including phenoxy) is 1. The fourth-order valence-electron chi connectivity index (χ4n) is 2.02. The lowest BCUT2D eigenvalue weighted by molar-refractivity contribution is 0.0245. The van der Waals surface area contributed by atoms with Gasteiger partial charge in [0, 0.05) is 38.3 Å². The van der Waals surface area contributed by atoms with Crippen LogP contribution < -0.4 is 5.32 Å². The van der Waals surface area contributed by atoms with Crippen LogP contribution in [0.2, 0.25) is 0 Å². The molecule has 1 fully saturated rings. The van der Waals surface area contributed by atoms with Crippen molar-refractivity contribution in [2.45, 2.75) is 45.9 Å². The van der Waals surface area contributed by atoms with E-state index in [9.17, 15) is 0 Å². The molecule has 0 aromatic rings. The van der Waals surface area contributed by atoms with Crippen molar-refractivity contribution in [3.63, 3.8) is 0 Å². The Labute approximate surface area is 87.8 Å². The van der Waals surface area contributed by atoms with E-state index in [0.29, 0.717) is 18.2 Å². The lowest BCUT2D eigenvalue weighted by Gasteiger charge is -2.38. The lowest BCUT2D eigenvalue weighted by Crippen LogP contribution is -2.55. The van der Waals surface area contributed by atoms with Gasteiger partial charge in [-0.2, -0.15) is 0 Å². The minimum atomic E-state index is 0.354. The zero-order valence-electron chi connectivity index (χ0n) is 9.92. The molecule has 0 aromatic heterocycles. The van der Waals surface area contributed by atoms with Crippen molar-refractivity contribution in [3.05, 3.63) is 0 Å². The first kappa shape index (κ1) is 12.0. The van der Waals surface area contributed by atoms with Gasteiger partial charge in [-0.3, -0.25) is 4.90 Å². The summed E-state index contributed by atoms with van der Waals surface area (Å²) in [6, 6.07) is 1.24. The van der Waals surface area contributed by atoms with Gasteiger partial charge in [0.1, 0.15) is 0 Å². The Kier molecular flexibility index (Phi) is 4.85. The summed E-state index contributed by atoms with van der Waals surface area (Å²) in [6.07, 6.45) is 0.354. The third-order valence-electron chi connectivity index (χ3n) is 2.84. The molecule has 0 bridgehead atoms. The standard InChI is InChI=1S/C11H24N2O/c1-5-14-11(4)8-13-7-9(2)12-6-10(13)3/h9-12H,5-8H2,1-4H3. The van der Waals surface area contributed by atoms with E-state index in [-0.39, 0.29) is 0 Å². The molecule has 1 saturated heterocycles. The van der Waals surface area contributed by atoms with Crippen LogP contribution in [0.5, 0.6) is 0 Å². The smallest absolute Gasteiger partial charge is 0.0673 e. The Morgan fingerprint density at radius 3 is 2.86 bits per heavy atom. The number of nitrogens with one attached hydrogen (secondary N) is 1. The fraction of sp³-hybridized carbons (Fsp3) is 1.00. The number of hydrogen-bond donors (Lipinski definition) is 1. The minimum Gasteiger partial charge on any atom is -0.377 e. The highest BCUT2D eigenvalue weighted by Gasteiger charge is 2.23. The van der Waals surface area contributed by atoms with Gasteiger partial charge in [0.15, 0.2) is 0 Å². The molecule has 1 heterocycles. The van der Waals surface area contributed by atoms with E-state index >= 15 is 0 Å². The molecule has 0 amide bonds. The number of hydrogen-bond acceptors (Lipinski definition) is 3. The van der Waals surface area contributed by atoms with Crippen molar-refractivity contribution in [1.82, 2.24) is 10.2 Å². The Morgan fingerprint density at radius 2 is 2.21 bits per heavy atom. The molecule has 1 N–H and O–H groups in total. The van der Waals surface area contributed by atoms with Crippen molar-refractivity contribution < 1.29 is 4.74 Å². The van der Waals surface area contributed by atoms with Crippen LogP contribution in [-0.4, -0.2) is 49.3 Å². The van der Waals surface area contributed by atoms with Gasteiger partial charge in [-0.15, -0.1) is 0 Å². The largest absolute Gasteiger partial charge is 0.377 e. The molecule has 3 heteroatoms. The molecule has 0 aliphatic carbocycles. The highest BCUT2D eigenvalue weighted by molar-refractivity contribution is 4.82. The minimum absolute atomic E-state index is 0.354. The van der Waals surface area contributed by atoms with E-state index in [0.717, 1.165) is 26.2 Å². The van der Waals surface area contributed by atoms with Gasteiger partial charge in [0.25, 0.3) is 0 Å². The maximum atomic E-state index is 5.57. The predicted molar refractivity (Wildman–Crippen MR) is 59.6 cm³/mol. The molecule has 1 rings (SSSR count). The highest BCUT2D eigenvalue weighted by Crippen LogP contribution is 2.08. The van der Waals surface area contributed by atoms with Crippen LogP contribution >= 0.6 is 0 Å². The van der Waals surface area contributed by atoms with Gasteiger partial charge >= 0.3 is 0 Å². The number of rotatable bonds is 4. The van der Waals surface area contributed by atoms with Crippen LogP contribution in [-0.2, 0) is 4.74 Å². The maximum Gasteiger partial charge on any atom is 0.0673 e. The normalized spacial score (nSPS) is 31.7. The van der Waals surface area contributed by atoms with Crippen molar-refractivity contribution in [1.29, 1.82) is 0 Å². The SMILES string of the molecule is CCOC(C)CN1CC(C)NCC1C. The van der Waals surface area contributed by atoms with Crippen LogP contribution in [0.1, 0.15) is 27.7 Å². The molecule has 0 spiro atoms. The molecule has 0 aromatic carbocycles. The zero-order valence-corrected chi connectivity index (χ0v) is 9.92. The Balaban J connectivity index is 2.33. The first-order valence-electron chi connectivity index (χ1n) is 5.72. The second kappa shape index (κ2) is 5.69. The lowest BCUT2D eigenvalue weighted by atomic mass is 10.1. The maximum absolute atomic E-state index is 5.57. The molecule has 84 valence electrons. The van der Waals surface area contributed by atoms with Crippen molar-refractivity contribution in [2.75, 3.05) is 26.2 Å². The third-order valence-corrected chi connectivity index (χ3v) is 2.84. The van der Waals surface area contributed by atoms with Crippen LogP contribution in [0.3, 0.4) is 0 Å². The van der Waals surface area contributed by atoms with Gasteiger partial charge in [0.05, 0.1) is 6.10 Å². The number of piperazine rings is 1. The summed E-state index contributed by atoms with van der Waals surface area (Å²) >= 11 is 0. The molecule has 1 aliphatic heterocycles. The Bertz CT molecular complexity index is 163. The number of nitrogens with zero attached hydrogens (tertiary/aromatic N) is 1. The summed E-state index contributed by atoms with van der Waals surface area (Å²) in [5, 5.41) is 3.48. The van der Waals surface area contributed by atoms with Gasteiger partial charge < -0.3 is 10.1 Å². The van der Waals surface area contributed by atoms with E-state index in [1.165, 1.54) is 0 Å². The first-order chi connectivity index (χ1) is 6.63. The van der Waals surface area contributed by atoms with Gasteiger partial charge in [-0.1, -0.05) is 0 Å². The van der Waals surface area contributed by atoms with E-state index in [1.807, 2.05) is 0 Å². The van der Waals surface area contributed by atoms with Crippen molar-refractivity contribution in [3.8, 4) is 0 Å². The highest BCUT2D eigenvalue weighted by atomic mass is 16.5. The van der Waals surface area contributed by atoms with Crippen molar-refractivity contribution >= 4 is 0 Å². The summed E-state index contributed by atoms with van der Waals surface area (Å²) in [7, 11) is 0. The second-order valence-electron chi connectivity index (χ2n) is 4.38. The Hall–Kier alpha value is -0.120. The molecular formula is C11H24N2O. The van der Waals surface area contributed by atoms with E-state index in [4.69, 9.17) is 4.74 Å². The molecular weight excluding hydrogens is 176 g/mol. The van der Waals surface area contributed by atoms with Crippen LogP contribution in [0, 0.1) is 0 Å². The monoisotopic (exact) mass is 200 g/mol. The third kappa shape index (κ3) is 3.56. The molecule has 14 heavy (non-hydrogen) atoms. The summed E-state index contributed by atoms with van der Waals surface area (Å²) < 4.78 is 5.57. The zero-order chi connectivity index (χ0) is 10.6. The summed E-state index contributed by atoms with van der Waals surface area (Å²) in [5.41, 5.74) is 0. The molecule has 0 radical (unpaired) electrons. The van der Waals surface area contributed by atoms with Gasteiger partial charge in [-0.05, 0) is 27.7 Å². The van der Waals surface area contributed by atoms with Crippen LogP contribution in [0.25, 0.3) is 0 Å². The molecule has 1 aliphatic rings. The summed E-state index contributed by atoms with van der Waals surface area (Å²) in [5.74, 6) is 0. The van der Waals surface area contributed by atoms with E-state index in [1.54, 1.807) is 0 Å². The molecule has 3 nitrogen and oxygen atoms in total. The Morgan fingerprint density at radius 1 is 1.50 bits per heavy atom. The van der Waals surface area contributed by atoms with Gasteiger partial charge in [-0.25, -0.2) is 0 Å². The average molecular weight is 200 g/mol. The van der Waals surface area contributed by atoms with Crippen LogP contribution in [0.15, 0.2) is 0 Å². The second-order valence-corrected chi connectivity index (χ2v) is 4.38. The van der Waals surface area contributed by atoms with Crippen molar-refractivity contribution in [2.24, 2.45) is 0 Å². The van der Waals surface area contributed by atoms with E-state index < -0.39 is 0 Å². The van der Waals surface area contributed by atoms with Crippen LogP contribution in [0.4, 0.5) is 0 Å². The van der Waals surface area contributed by atoms with E-state index in [2.05, 4.69) is 37.9 Å². The topological polar surface area (TPSA) is 24.5 Å². The summed E-state index contributed by atoms with van der Waals surface area (Å²) in [4.78, 5) is 2.52. The predicted octanol–water partition coefficient (Wildman–Crippen LogP) is 1.09. The molecule has 3 atom stereocenters. The first-order valence-corrected chi connectivity index (χ1v) is 5.72. The average Bonchev–Trinajstić information content (AvgIpc) is 2.12. The van der Waals surface area contributed by atoms with Gasteiger partial charge in [0.2, 0.25) is 0 Å². The summed E-state index contributed by atoms with van der Waals surface area (Å²) in [6.45, 7) is 12.8.